The zero-order valence-electron chi connectivity index (χ0n) is 16.3. The lowest BCUT2D eigenvalue weighted by Crippen LogP contribution is -2.35. The molecule has 2 N–H and O–H groups in total. The molecule has 1 aliphatic heterocycles. The van der Waals surface area contributed by atoms with Gasteiger partial charge in [-0.1, -0.05) is 12.1 Å². The van der Waals surface area contributed by atoms with Crippen molar-refractivity contribution in [2.45, 2.75) is 32.1 Å². The minimum absolute atomic E-state index is 0.296. The predicted molar refractivity (Wildman–Crippen MR) is 113 cm³/mol. The Bertz CT molecular complexity index is 952. The summed E-state index contributed by atoms with van der Waals surface area (Å²) in [5, 5.41) is 14.8. The molecule has 0 radical (unpaired) electrons. The van der Waals surface area contributed by atoms with E-state index < -0.39 is 5.41 Å². The van der Waals surface area contributed by atoms with Crippen LogP contribution in [0, 0.1) is 16.7 Å². The molecule has 148 valence electrons. The Labute approximate surface area is 170 Å². The lowest BCUT2D eigenvalue weighted by Gasteiger charge is -2.28. The second kappa shape index (κ2) is 7.96. The summed E-state index contributed by atoms with van der Waals surface area (Å²) < 4.78 is 0. The van der Waals surface area contributed by atoms with Gasteiger partial charge in [-0.25, -0.2) is 0 Å². The average molecular weight is 388 g/mol. The maximum absolute atomic E-state index is 12.8. The van der Waals surface area contributed by atoms with E-state index in [-0.39, 0.29) is 11.8 Å². The van der Waals surface area contributed by atoms with Crippen LogP contribution in [0.3, 0.4) is 0 Å². The summed E-state index contributed by atoms with van der Waals surface area (Å²) >= 11 is 0. The van der Waals surface area contributed by atoms with Crippen LogP contribution in [-0.4, -0.2) is 24.9 Å². The van der Waals surface area contributed by atoms with Gasteiger partial charge in [-0.05, 0) is 68.5 Å². The zero-order valence-corrected chi connectivity index (χ0v) is 16.3. The highest BCUT2D eigenvalue weighted by molar-refractivity contribution is 6.17. The summed E-state index contributed by atoms with van der Waals surface area (Å²) in [5.74, 6) is -0.655. The van der Waals surface area contributed by atoms with Crippen molar-refractivity contribution in [3.05, 3.63) is 54.1 Å². The number of nitriles is 1. The Hall–Kier alpha value is -3.33. The molecule has 0 unspecified atom stereocenters. The molecule has 1 aliphatic carbocycles. The van der Waals surface area contributed by atoms with Gasteiger partial charge in [0.25, 0.3) is 0 Å². The SMILES string of the molecule is N#Cc1ccccc1NC(=O)C1(C(=O)Nc2ccc(N3CCCCC3)cc2)CC1. The summed E-state index contributed by atoms with van der Waals surface area (Å²) in [5.41, 5.74) is 1.60. The topological polar surface area (TPSA) is 85.2 Å². The van der Waals surface area contributed by atoms with Crippen LogP contribution >= 0.6 is 0 Å². The van der Waals surface area contributed by atoms with Crippen molar-refractivity contribution in [1.29, 1.82) is 5.26 Å². The molecule has 2 amide bonds. The Kier molecular flexibility index (Phi) is 5.22. The van der Waals surface area contributed by atoms with E-state index in [2.05, 4.69) is 21.6 Å². The standard InChI is InChI=1S/C23H24N4O2/c24-16-17-6-2-3-7-20(17)26-22(29)23(12-13-23)21(28)25-18-8-10-19(11-9-18)27-14-4-1-5-15-27/h2-3,6-11H,1,4-5,12-15H2,(H,25,28)(H,26,29). The highest BCUT2D eigenvalue weighted by atomic mass is 16.2. The number of rotatable bonds is 5. The minimum atomic E-state index is -1.06. The molecule has 0 bridgehead atoms. The van der Waals surface area contributed by atoms with Crippen LogP contribution in [0.5, 0.6) is 0 Å². The van der Waals surface area contributed by atoms with E-state index in [0.717, 1.165) is 18.8 Å². The second-order valence-electron chi connectivity index (χ2n) is 7.74. The zero-order chi connectivity index (χ0) is 20.3. The summed E-state index contributed by atoms with van der Waals surface area (Å²) in [7, 11) is 0. The highest BCUT2D eigenvalue weighted by Crippen LogP contribution is 2.47. The molecule has 4 rings (SSSR count). The van der Waals surface area contributed by atoms with Gasteiger partial charge in [-0.15, -0.1) is 0 Å². The Balaban J connectivity index is 1.41. The van der Waals surface area contributed by atoms with E-state index in [9.17, 15) is 14.9 Å². The molecule has 1 saturated carbocycles. The van der Waals surface area contributed by atoms with Gasteiger partial charge < -0.3 is 15.5 Å². The first-order valence-electron chi connectivity index (χ1n) is 10.1. The van der Waals surface area contributed by atoms with Crippen LogP contribution < -0.4 is 15.5 Å². The summed E-state index contributed by atoms with van der Waals surface area (Å²) in [4.78, 5) is 27.9. The Morgan fingerprint density at radius 2 is 1.55 bits per heavy atom. The number of para-hydroxylation sites is 1. The molecule has 0 aromatic heterocycles. The number of benzene rings is 2. The maximum atomic E-state index is 12.8. The highest BCUT2D eigenvalue weighted by Gasteiger charge is 2.56. The van der Waals surface area contributed by atoms with Crippen molar-refractivity contribution in [3.8, 4) is 6.07 Å². The number of carbonyl (C=O) groups is 2. The summed E-state index contributed by atoms with van der Waals surface area (Å²) in [6.07, 6.45) is 4.72. The molecule has 6 heteroatoms. The van der Waals surface area contributed by atoms with Crippen LogP contribution in [0.2, 0.25) is 0 Å². The monoisotopic (exact) mass is 388 g/mol. The normalized spacial score (nSPS) is 17.1. The lowest BCUT2D eigenvalue weighted by atomic mass is 10.0. The van der Waals surface area contributed by atoms with E-state index in [4.69, 9.17) is 0 Å². The smallest absolute Gasteiger partial charge is 0.240 e. The number of hydrogen-bond donors (Lipinski definition) is 2. The molecular formula is C23H24N4O2. The molecule has 1 saturated heterocycles. The minimum Gasteiger partial charge on any atom is -0.372 e. The summed E-state index contributed by atoms with van der Waals surface area (Å²) in [6.45, 7) is 2.14. The molecule has 6 nitrogen and oxygen atoms in total. The lowest BCUT2D eigenvalue weighted by molar-refractivity contribution is -0.131. The first-order chi connectivity index (χ1) is 14.1. The molecule has 0 atom stereocenters. The number of hydrogen-bond acceptors (Lipinski definition) is 4. The third-order valence-corrected chi connectivity index (χ3v) is 5.76. The van der Waals surface area contributed by atoms with Gasteiger partial charge in [-0.3, -0.25) is 9.59 Å². The summed E-state index contributed by atoms with van der Waals surface area (Å²) in [6, 6.07) is 16.7. The molecule has 2 fully saturated rings. The fourth-order valence-electron chi connectivity index (χ4n) is 3.77. The predicted octanol–water partition coefficient (Wildman–Crippen LogP) is 3.91. The average Bonchev–Trinajstić information content (AvgIpc) is 3.58. The van der Waals surface area contributed by atoms with E-state index >= 15 is 0 Å². The first-order valence-corrected chi connectivity index (χ1v) is 10.1. The molecule has 0 spiro atoms. The largest absolute Gasteiger partial charge is 0.372 e. The molecule has 2 aromatic rings. The number of anilines is 3. The first kappa shape index (κ1) is 19.0. The van der Waals surface area contributed by atoms with Crippen molar-refractivity contribution in [2.24, 2.45) is 5.41 Å². The fraction of sp³-hybridized carbons (Fsp3) is 0.348. The number of nitrogens with one attached hydrogen (secondary N) is 2. The van der Waals surface area contributed by atoms with Crippen molar-refractivity contribution < 1.29 is 9.59 Å². The van der Waals surface area contributed by atoms with Crippen molar-refractivity contribution in [1.82, 2.24) is 0 Å². The van der Waals surface area contributed by atoms with Crippen molar-refractivity contribution >= 4 is 28.9 Å². The van der Waals surface area contributed by atoms with Gasteiger partial charge in [-0.2, -0.15) is 5.26 Å². The number of piperidine rings is 1. The third kappa shape index (κ3) is 3.95. The maximum Gasteiger partial charge on any atom is 0.240 e. The number of nitrogens with zero attached hydrogens (tertiary/aromatic N) is 2. The van der Waals surface area contributed by atoms with E-state index in [0.29, 0.717) is 29.8 Å². The molecule has 29 heavy (non-hydrogen) atoms. The van der Waals surface area contributed by atoms with Gasteiger partial charge >= 0.3 is 0 Å². The van der Waals surface area contributed by atoms with Crippen LogP contribution in [0.4, 0.5) is 17.1 Å². The van der Waals surface area contributed by atoms with E-state index in [1.165, 1.54) is 19.3 Å². The third-order valence-electron chi connectivity index (χ3n) is 5.76. The fourth-order valence-corrected chi connectivity index (χ4v) is 3.77. The number of carbonyl (C=O) groups excluding carboxylic acids is 2. The molecule has 2 aromatic carbocycles. The van der Waals surface area contributed by atoms with Gasteiger partial charge in [0.15, 0.2) is 0 Å². The Morgan fingerprint density at radius 3 is 2.21 bits per heavy atom. The Morgan fingerprint density at radius 1 is 0.897 bits per heavy atom. The van der Waals surface area contributed by atoms with Gasteiger partial charge in [0.05, 0.1) is 11.3 Å². The van der Waals surface area contributed by atoms with Crippen LogP contribution in [0.15, 0.2) is 48.5 Å². The second-order valence-corrected chi connectivity index (χ2v) is 7.74. The van der Waals surface area contributed by atoms with Crippen LogP contribution in [0.1, 0.15) is 37.7 Å². The quantitative estimate of drug-likeness (QED) is 0.761. The van der Waals surface area contributed by atoms with Crippen LogP contribution in [0.25, 0.3) is 0 Å². The molecular weight excluding hydrogens is 364 g/mol. The van der Waals surface area contributed by atoms with Gasteiger partial charge in [0, 0.05) is 24.5 Å². The van der Waals surface area contributed by atoms with Crippen molar-refractivity contribution in [3.63, 3.8) is 0 Å². The van der Waals surface area contributed by atoms with Crippen LogP contribution in [-0.2, 0) is 9.59 Å². The number of amides is 2. The molecule has 1 heterocycles. The van der Waals surface area contributed by atoms with Gasteiger partial charge in [0.1, 0.15) is 11.5 Å². The van der Waals surface area contributed by atoms with Crippen molar-refractivity contribution in [2.75, 3.05) is 28.6 Å². The van der Waals surface area contributed by atoms with E-state index in [1.54, 1.807) is 24.3 Å². The van der Waals surface area contributed by atoms with E-state index in [1.807, 2.05) is 24.3 Å². The van der Waals surface area contributed by atoms with Gasteiger partial charge in [0.2, 0.25) is 11.8 Å². The molecule has 2 aliphatic rings.